The zero-order valence-electron chi connectivity index (χ0n) is 7.25. The number of fused-ring (bicyclic) bond motifs is 1. The third-order valence-electron chi connectivity index (χ3n) is 1.99. The molecule has 14 heavy (non-hydrogen) atoms. The highest BCUT2D eigenvalue weighted by molar-refractivity contribution is 7.22. The summed E-state index contributed by atoms with van der Waals surface area (Å²) in [7, 11) is 0. The molecule has 2 aromatic rings. The number of anilines is 1. The number of hydrogen-bond acceptors (Lipinski definition) is 3. The van der Waals surface area contributed by atoms with Crippen molar-refractivity contribution in [3.63, 3.8) is 0 Å². The minimum absolute atomic E-state index is 0.0968. The zero-order chi connectivity index (χ0) is 10.1. The molecule has 2 nitrogen and oxygen atoms in total. The number of nitriles is 1. The lowest BCUT2D eigenvalue weighted by atomic mass is 10.1. The molecule has 1 aromatic carbocycles. The molecule has 0 radical (unpaired) electrons. The van der Waals surface area contributed by atoms with Crippen molar-refractivity contribution in [1.82, 2.24) is 0 Å². The van der Waals surface area contributed by atoms with Gasteiger partial charge in [-0.1, -0.05) is 12.1 Å². The SMILES string of the molecule is N#CCc1ccc2cc(N)sc2c1F. The first-order chi connectivity index (χ1) is 6.72. The molecule has 0 saturated carbocycles. The first kappa shape index (κ1) is 8.97. The molecule has 0 fully saturated rings. The summed E-state index contributed by atoms with van der Waals surface area (Å²) in [6.07, 6.45) is 0.0968. The van der Waals surface area contributed by atoms with E-state index in [0.717, 1.165) is 5.39 Å². The van der Waals surface area contributed by atoms with Crippen LogP contribution in [0.25, 0.3) is 10.1 Å². The van der Waals surface area contributed by atoms with E-state index in [1.165, 1.54) is 11.3 Å². The van der Waals surface area contributed by atoms with Crippen molar-refractivity contribution in [2.24, 2.45) is 0 Å². The second kappa shape index (κ2) is 3.28. The summed E-state index contributed by atoms with van der Waals surface area (Å²) < 4.78 is 14.2. The highest BCUT2D eigenvalue weighted by atomic mass is 32.1. The quantitative estimate of drug-likeness (QED) is 0.779. The number of benzene rings is 1. The van der Waals surface area contributed by atoms with Gasteiger partial charge >= 0.3 is 0 Å². The molecule has 0 amide bonds. The molecule has 4 heteroatoms. The van der Waals surface area contributed by atoms with Crippen LogP contribution in [0.1, 0.15) is 5.56 Å². The average molecular weight is 206 g/mol. The van der Waals surface area contributed by atoms with Crippen LogP contribution in [0, 0.1) is 17.1 Å². The van der Waals surface area contributed by atoms with Crippen LogP contribution >= 0.6 is 11.3 Å². The second-order valence-electron chi connectivity index (χ2n) is 2.94. The van der Waals surface area contributed by atoms with Crippen LogP contribution in [0.15, 0.2) is 18.2 Å². The van der Waals surface area contributed by atoms with E-state index in [-0.39, 0.29) is 12.2 Å². The fourth-order valence-electron chi connectivity index (χ4n) is 1.35. The maximum Gasteiger partial charge on any atom is 0.145 e. The molecule has 0 unspecified atom stereocenters. The van der Waals surface area contributed by atoms with E-state index in [4.69, 9.17) is 11.0 Å². The van der Waals surface area contributed by atoms with Gasteiger partial charge in [0, 0.05) is 5.56 Å². The van der Waals surface area contributed by atoms with Crippen molar-refractivity contribution in [2.45, 2.75) is 6.42 Å². The molecule has 0 spiro atoms. The summed E-state index contributed by atoms with van der Waals surface area (Å²) in [5.74, 6) is -0.314. The fraction of sp³-hybridized carbons (Fsp3) is 0.100. The van der Waals surface area contributed by atoms with Gasteiger partial charge in [-0.3, -0.25) is 0 Å². The molecule has 0 aliphatic heterocycles. The number of thiophene rings is 1. The van der Waals surface area contributed by atoms with E-state index in [2.05, 4.69) is 0 Å². The van der Waals surface area contributed by atoms with Crippen LogP contribution in [0.3, 0.4) is 0 Å². The highest BCUT2D eigenvalue weighted by Crippen LogP contribution is 2.31. The van der Waals surface area contributed by atoms with E-state index in [1.807, 2.05) is 6.07 Å². The Hall–Kier alpha value is -1.60. The Morgan fingerprint density at radius 2 is 2.29 bits per heavy atom. The third-order valence-corrected chi connectivity index (χ3v) is 2.97. The lowest BCUT2D eigenvalue weighted by molar-refractivity contribution is 0.629. The van der Waals surface area contributed by atoms with Gasteiger partial charge in [0.25, 0.3) is 0 Å². The normalized spacial score (nSPS) is 10.3. The lowest BCUT2D eigenvalue weighted by Crippen LogP contribution is -1.87. The fourth-order valence-corrected chi connectivity index (χ4v) is 2.24. The van der Waals surface area contributed by atoms with Gasteiger partial charge < -0.3 is 5.73 Å². The standard InChI is InChI=1S/C10H7FN2S/c11-9-6(3-4-12)1-2-7-5-8(13)14-10(7)9/h1-2,5H,3,13H2. The predicted octanol–water partition coefficient (Wildman–Crippen LogP) is 2.69. The Kier molecular flexibility index (Phi) is 2.10. The van der Waals surface area contributed by atoms with Crippen molar-refractivity contribution in [2.75, 3.05) is 5.73 Å². The molecule has 1 heterocycles. The first-order valence-electron chi connectivity index (χ1n) is 4.05. The molecular weight excluding hydrogens is 199 g/mol. The van der Waals surface area contributed by atoms with Crippen LogP contribution in [-0.2, 0) is 6.42 Å². The molecule has 0 bridgehead atoms. The van der Waals surface area contributed by atoms with E-state index >= 15 is 0 Å². The smallest absolute Gasteiger partial charge is 0.145 e. The molecule has 0 aliphatic rings. The summed E-state index contributed by atoms with van der Waals surface area (Å²) in [6.45, 7) is 0. The molecular formula is C10H7FN2S. The number of rotatable bonds is 1. The van der Waals surface area contributed by atoms with Crippen LogP contribution in [0.2, 0.25) is 0 Å². The molecule has 2 N–H and O–H groups in total. The molecule has 0 saturated heterocycles. The number of hydrogen-bond donors (Lipinski definition) is 1. The molecule has 70 valence electrons. The second-order valence-corrected chi connectivity index (χ2v) is 4.02. The van der Waals surface area contributed by atoms with Gasteiger partial charge in [0.15, 0.2) is 0 Å². The van der Waals surface area contributed by atoms with Gasteiger partial charge in [0.2, 0.25) is 0 Å². The predicted molar refractivity (Wildman–Crippen MR) is 55.5 cm³/mol. The lowest BCUT2D eigenvalue weighted by Gasteiger charge is -1.97. The van der Waals surface area contributed by atoms with Gasteiger partial charge in [0.1, 0.15) is 5.82 Å². The Morgan fingerprint density at radius 1 is 1.50 bits per heavy atom. The first-order valence-corrected chi connectivity index (χ1v) is 4.87. The maximum absolute atomic E-state index is 13.7. The molecule has 0 atom stereocenters. The molecule has 1 aromatic heterocycles. The summed E-state index contributed by atoms with van der Waals surface area (Å²) in [5, 5.41) is 9.87. The Labute approximate surface area is 84.4 Å². The van der Waals surface area contributed by atoms with E-state index in [9.17, 15) is 4.39 Å². The summed E-state index contributed by atoms with van der Waals surface area (Å²) in [5.41, 5.74) is 6.00. The monoisotopic (exact) mass is 206 g/mol. The minimum atomic E-state index is -0.314. The van der Waals surface area contributed by atoms with Gasteiger partial charge in [0.05, 0.1) is 22.2 Å². The Balaban J connectivity index is 2.69. The van der Waals surface area contributed by atoms with E-state index in [0.29, 0.717) is 15.3 Å². The van der Waals surface area contributed by atoms with Gasteiger partial charge in [-0.25, -0.2) is 4.39 Å². The number of nitrogen functional groups attached to an aromatic ring is 1. The van der Waals surface area contributed by atoms with Gasteiger partial charge in [-0.15, -0.1) is 11.3 Å². The zero-order valence-corrected chi connectivity index (χ0v) is 8.07. The number of halogens is 1. The number of nitrogens with two attached hydrogens (primary N) is 1. The highest BCUT2D eigenvalue weighted by Gasteiger charge is 2.09. The topological polar surface area (TPSA) is 49.8 Å². The molecule has 2 rings (SSSR count). The van der Waals surface area contributed by atoms with E-state index < -0.39 is 0 Å². The van der Waals surface area contributed by atoms with E-state index in [1.54, 1.807) is 18.2 Å². The van der Waals surface area contributed by atoms with Crippen molar-refractivity contribution in [3.8, 4) is 6.07 Å². The summed E-state index contributed by atoms with van der Waals surface area (Å²) in [4.78, 5) is 0. The van der Waals surface area contributed by atoms with Crippen molar-refractivity contribution in [1.29, 1.82) is 5.26 Å². The minimum Gasteiger partial charge on any atom is -0.391 e. The summed E-state index contributed by atoms with van der Waals surface area (Å²) >= 11 is 1.21. The van der Waals surface area contributed by atoms with Crippen LogP contribution < -0.4 is 5.73 Å². The third kappa shape index (κ3) is 1.32. The maximum atomic E-state index is 13.7. The van der Waals surface area contributed by atoms with Crippen molar-refractivity contribution < 1.29 is 4.39 Å². The Bertz CT molecular complexity index is 525. The largest absolute Gasteiger partial charge is 0.391 e. The van der Waals surface area contributed by atoms with Crippen LogP contribution in [0.4, 0.5) is 9.39 Å². The molecule has 0 aliphatic carbocycles. The average Bonchev–Trinajstić information content (AvgIpc) is 2.52. The van der Waals surface area contributed by atoms with Gasteiger partial charge in [-0.2, -0.15) is 5.26 Å². The van der Waals surface area contributed by atoms with Crippen LogP contribution in [-0.4, -0.2) is 0 Å². The van der Waals surface area contributed by atoms with Crippen molar-refractivity contribution in [3.05, 3.63) is 29.6 Å². The van der Waals surface area contributed by atoms with Gasteiger partial charge in [-0.05, 0) is 11.5 Å². The Morgan fingerprint density at radius 3 is 3.00 bits per heavy atom. The summed E-state index contributed by atoms with van der Waals surface area (Å²) in [6, 6.07) is 7.09. The number of nitrogens with zero attached hydrogens (tertiary/aromatic N) is 1. The van der Waals surface area contributed by atoms with Crippen molar-refractivity contribution >= 4 is 26.4 Å². The van der Waals surface area contributed by atoms with Crippen LogP contribution in [0.5, 0.6) is 0 Å².